The molecule has 0 unspecified atom stereocenters. The lowest BCUT2D eigenvalue weighted by molar-refractivity contribution is -0.112. The van der Waals surface area contributed by atoms with Gasteiger partial charge in [0.2, 0.25) is 0 Å². The fraction of sp³-hybridized carbons (Fsp3) is 0.0909. The van der Waals surface area contributed by atoms with Crippen LogP contribution in [0.4, 0.5) is 5.69 Å². The second kappa shape index (κ2) is 8.79. The van der Waals surface area contributed by atoms with E-state index in [0.717, 1.165) is 12.0 Å². The van der Waals surface area contributed by atoms with E-state index in [0.29, 0.717) is 32.8 Å². The summed E-state index contributed by atoms with van der Waals surface area (Å²) in [6.45, 7) is 2.00. The third-order valence-electron chi connectivity index (χ3n) is 4.12. The van der Waals surface area contributed by atoms with Crippen LogP contribution in [0, 0.1) is 11.3 Å². The number of anilines is 1. The van der Waals surface area contributed by atoms with Gasteiger partial charge in [-0.25, -0.2) is 0 Å². The van der Waals surface area contributed by atoms with Crippen molar-refractivity contribution in [3.63, 3.8) is 0 Å². The minimum Gasteiger partial charge on any atom is -0.457 e. The highest BCUT2D eigenvalue weighted by Crippen LogP contribution is 2.32. The Hall–Kier alpha value is -3.00. The standard InChI is InChI=1S/C22H16Cl2N2O2/c1-2-14-5-3-4-6-20(14)26-22(27)15(13-25)11-17-8-10-21(28-17)18-9-7-16(23)12-19(18)24/h3-12H,2H2,1H3,(H,26,27)/b15-11+. The zero-order valence-corrected chi connectivity index (χ0v) is 16.5. The average molecular weight is 411 g/mol. The topological polar surface area (TPSA) is 66.0 Å². The summed E-state index contributed by atoms with van der Waals surface area (Å²) in [5.41, 5.74) is 2.29. The van der Waals surface area contributed by atoms with Crippen LogP contribution in [-0.4, -0.2) is 5.91 Å². The number of hydrogen-bond acceptors (Lipinski definition) is 3. The number of carbonyl (C=O) groups excluding carboxylic acids is 1. The van der Waals surface area contributed by atoms with Gasteiger partial charge < -0.3 is 9.73 Å². The van der Waals surface area contributed by atoms with Crippen LogP contribution in [0.2, 0.25) is 10.0 Å². The number of halogens is 2. The molecule has 1 amide bonds. The third kappa shape index (κ3) is 4.45. The molecule has 0 bridgehead atoms. The van der Waals surface area contributed by atoms with Crippen molar-refractivity contribution < 1.29 is 9.21 Å². The van der Waals surface area contributed by atoms with Crippen molar-refractivity contribution >= 4 is 40.9 Å². The monoisotopic (exact) mass is 410 g/mol. The van der Waals surface area contributed by atoms with Crippen LogP contribution in [0.1, 0.15) is 18.2 Å². The summed E-state index contributed by atoms with van der Waals surface area (Å²) in [5.74, 6) is 0.393. The van der Waals surface area contributed by atoms with E-state index in [1.54, 1.807) is 36.4 Å². The van der Waals surface area contributed by atoms with Crippen LogP contribution in [-0.2, 0) is 11.2 Å². The van der Waals surface area contributed by atoms with E-state index >= 15 is 0 Å². The predicted molar refractivity (Wildman–Crippen MR) is 112 cm³/mol. The Bertz CT molecular complexity index is 1090. The Labute approximate surface area is 173 Å². The lowest BCUT2D eigenvalue weighted by Gasteiger charge is -2.08. The first kappa shape index (κ1) is 19.8. The van der Waals surface area contributed by atoms with Crippen molar-refractivity contribution in [3.05, 3.63) is 81.5 Å². The number of furan rings is 1. The van der Waals surface area contributed by atoms with Crippen LogP contribution < -0.4 is 5.32 Å². The summed E-state index contributed by atoms with van der Waals surface area (Å²) in [6.07, 6.45) is 2.17. The molecule has 1 heterocycles. The first-order valence-corrected chi connectivity index (χ1v) is 9.33. The van der Waals surface area contributed by atoms with Crippen molar-refractivity contribution in [3.8, 4) is 17.4 Å². The second-order valence-corrected chi connectivity index (χ2v) is 6.80. The van der Waals surface area contributed by atoms with E-state index in [9.17, 15) is 10.1 Å². The molecule has 6 heteroatoms. The first-order valence-electron chi connectivity index (χ1n) is 8.58. The van der Waals surface area contributed by atoms with Crippen LogP contribution >= 0.6 is 23.2 Å². The normalized spacial score (nSPS) is 11.1. The van der Waals surface area contributed by atoms with E-state index in [-0.39, 0.29) is 5.57 Å². The van der Waals surface area contributed by atoms with Crippen molar-refractivity contribution in [1.82, 2.24) is 0 Å². The number of aryl methyl sites for hydroxylation is 1. The molecular formula is C22H16Cl2N2O2. The number of rotatable bonds is 5. The van der Waals surface area contributed by atoms with Gasteiger partial charge in [-0.1, -0.05) is 48.3 Å². The van der Waals surface area contributed by atoms with Crippen molar-refractivity contribution in [2.45, 2.75) is 13.3 Å². The van der Waals surface area contributed by atoms with Gasteiger partial charge in [0.25, 0.3) is 5.91 Å². The molecule has 0 aliphatic carbocycles. The number of para-hydroxylation sites is 1. The number of carbonyl (C=O) groups is 1. The Morgan fingerprint density at radius 2 is 1.96 bits per heavy atom. The van der Waals surface area contributed by atoms with Gasteiger partial charge in [-0.15, -0.1) is 0 Å². The molecule has 2 aromatic carbocycles. The van der Waals surface area contributed by atoms with Gasteiger partial charge in [-0.3, -0.25) is 4.79 Å². The molecule has 3 aromatic rings. The zero-order chi connectivity index (χ0) is 20.1. The first-order chi connectivity index (χ1) is 13.5. The average Bonchev–Trinajstić information content (AvgIpc) is 3.14. The summed E-state index contributed by atoms with van der Waals surface area (Å²) >= 11 is 12.1. The Balaban J connectivity index is 1.84. The summed E-state index contributed by atoms with van der Waals surface area (Å²) in [5, 5.41) is 13.2. The zero-order valence-electron chi connectivity index (χ0n) is 15.0. The van der Waals surface area contributed by atoms with Crippen LogP contribution in [0.5, 0.6) is 0 Å². The number of benzene rings is 2. The van der Waals surface area contributed by atoms with Crippen LogP contribution in [0.3, 0.4) is 0 Å². The molecule has 0 atom stereocenters. The van der Waals surface area contributed by atoms with Gasteiger partial charge in [0.05, 0.1) is 5.02 Å². The molecule has 140 valence electrons. The van der Waals surface area contributed by atoms with Crippen molar-refractivity contribution in [2.24, 2.45) is 0 Å². The Kier molecular flexibility index (Phi) is 6.20. The van der Waals surface area contributed by atoms with E-state index in [1.165, 1.54) is 6.08 Å². The minimum absolute atomic E-state index is 0.0611. The van der Waals surface area contributed by atoms with Gasteiger partial charge in [0, 0.05) is 22.3 Å². The lowest BCUT2D eigenvalue weighted by atomic mass is 10.1. The highest BCUT2D eigenvalue weighted by atomic mass is 35.5. The van der Waals surface area contributed by atoms with E-state index in [4.69, 9.17) is 27.6 Å². The number of amides is 1. The van der Waals surface area contributed by atoms with E-state index in [2.05, 4.69) is 5.32 Å². The van der Waals surface area contributed by atoms with Crippen molar-refractivity contribution in [2.75, 3.05) is 5.32 Å². The molecule has 4 nitrogen and oxygen atoms in total. The van der Waals surface area contributed by atoms with E-state index in [1.807, 2.05) is 31.2 Å². The Morgan fingerprint density at radius 1 is 1.18 bits per heavy atom. The molecule has 0 saturated heterocycles. The summed E-state index contributed by atoms with van der Waals surface area (Å²) in [6, 6.07) is 17.9. The highest BCUT2D eigenvalue weighted by molar-refractivity contribution is 6.36. The van der Waals surface area contributed by atoms with Gasteiger partial charge in [-0.05, 0) is 48.4 Å². The van der Waals surface area contributed by atoms with Crippen LogP contribution in [0.25, 0.3) is 17.4 Å². The second-order valence-electron chi connectivity index (χ2n) is 5.96. The third-order valence-corrected chi connectivity index (χ3v) is 4.67. The molecule has 0 aliphatic rings. The molecule has 0 aliphatic heterocycles. The number of hydrogen-bond donors (Lipinski definition) is 1. The molecule has 0 spiro atoms. The fourth-order valence-electron chi connectivity index (χ4n) is 2.70. The summed E-state index contributed by atoms with van der Waals surface area (Å²) in [7, 11) is 0. The molecular weight excluding hydrogens is 395 g/mol. The minimum atomic E-state index is -0.495. The number of nitriles is 1. The van der Waals surface area contributed by atoms with Gasteiger partial charge in [0.15, 0.2) is 0 Å². The largest absolute Gasteiger partial charge is 0.457 e. The van der Waals surface area contributed by atoms with Crippen molar-refractivity contribution in [1.29, 1.82) is 5.26 Å². The molecule has 0 saturated carbocycles. The summed E-state index contributed by atoms with van der Waals surface area (Å²) in [4.78, 5) is 12.5. The highest BCUT2D eigenvalue weighted by Gasteiger charge is 2.14. The molecule has 1 N–H and O–H groups in total. The molecule has 0 fully saturated rings. The maximum absolute atomic E-state index is 12.5. The maximum atomic E-state index is 12.5. The maximum Gasteiger partial charge on any atom is 0.266 e. The molecule has 0 radical (unpaired) electrons. The van der Waals surface area contributed by atoms with Gasteiger partial charge in [0.1, 0.15) is 23.2 Å². The van der Waals surface area contributed by atoms with Crippen LogP contribution in [0.15, 0.2) is 64.6 Å². The SMILES string of the molecule is CCc1ccccc1NC(=O)/C(C#N)=C/c1ccc(-c2ccc(Cl)cc2Cl)o1. The lowest BCUT2D eigenvalue weighted by Crippen LogP contribution is -2.14. The number of nitrogens with zero attached hydrogens (tertiary/aromatic N) is 1. The molecule has 1 aromatic heterocycles. The predicted octanol–water partition coefficient (Wildman–Crippen LogP) is 6.36. The molecule has 3 rings (SSSR count). The van der Waals surface area contributed by atoms with Gasteiger partial charge in [-0.2, -0.15) is 5.26 Å². The van der Waals surface area contributed by atoms with E-state index < -0.39 is 5.91 Å². The quantitative estimate of drug-likeness (QED) is 0.392. The fourth-order valence-corrected chi connectivity index (χ4v) is 3.20. The Morgan fingerprint density at radius 3 is 2.68 bits per heavy atom. The smallest absolute Gasteiger partial charge is 0.266 e. The molecule has 28 heavy (non-hydrogen) atoms. The van der Waals surface area contributed by atoms with Gasteiger partial charge >= 0.3 is 0 Å². The number of nitrogens with one attached hydrogen (secondary N) is 1. The summed E-state index contributed by atoms with van der Waals surface area (Å²) < 4.78 is 5.73.